The lowest BCUT2D eigenvalue weighted by Gasteiger charge is -2.15. The molecular formula is C13H17ClN4O2. The first-order valence-corrected chi connectivity index (χ1v) is 6.55. The van der Waals surface area contributed by atoms with Crippen LogP contribution in [0.3, 0.4) is 0 Å². The van der Waals surface area contributed by atoms with Crippen molar-refractivity contribution in [3.63, 3.8) is 0 Å². The highest BCUT2D eigenvalue weighted by Crippen LogP contribution is 2.35. The summed E-state index contributed by atoms with van der Waals surface area (Å²) in [6.07, 6.45) is 2.14. The van der Waals surface area contributed by atoms with E-state index in [9.17, 15) is 0 Å². The van der Waals surface area contributed by atoms with Crippen molar-refractivity contribution >= 4 is 11.6 Å². The molecule has 2 rings (SSSR count). The Bertz CT molecular complexity index is 586. The Hall–Kier alpha value is -1.79. The van der Waals surface area contributed by atoms with Crippen LogP contribution >= 0.6 is 11.6 Å². The summed E-state index contributed by atoms with van der Waals surface area (Å²) in [7, 11) is 3.39. The molecule has 1 aromatic carbocycles. The summed E-state index contributed by atoms with van der Waals surface area (Å²) in [5.74, 6) is 1.95. The number of aromatic nitrogens is 3. The molecule has 108 valence electrons. The van der Waals surface area contributed by atoms with Crippen LogP contribution < -0.4 is 15.2 Å². The summed E-state index contributed by atoms with van der Waals surface area (Å²) in [5, 5.41) is 4.59. The molecule has 0 spiro atoms. The molecule has 6 nitrogen and oxygen atoms in total. The fourth-order valence-electron chi connectivity index (χ4n) is 1.87. The Balaban J connectivity index is 2.26. The van der Waals surface area contributed by atoms with E-state index >= 15 is 0 Å². The molecule has 0 bridgehead atoms. The van der Waals surface area contributed by atoms with Crippen LogP contribution in [0, 0.1) is 0 Å². The van der Waals surface area contributed by atoms with E-state index in [2.05, 4.69) is 10.1 Å². The van der Waals surface area contributed by atoms with E-state index < -0.39 is 0 Å². The second kappa shape index (κ2) is 6.58. The largest absolute Gasteiger partial charge is 0.493 e. The second-order valence-electron chi connectivity index (χ2n) is 4.22. The van der Waals surface area contributed by atoms with Gasteiger partial charge in [-0.1, -0.05) is 11.6 Å². The van der Waals surface area contributed by atoms with Crippen molar-refractivity contribution in [2.45, 2.75) is 13.0 Å². The van der Waals surface area contributed by atoms with Crippen molar-refractivity contribution in [3.05, 3.63) is 34.9 Å². The molecule has 1 heterocycles. The topological polar surface area (TPSA) is 75.2 Å². The van der Waals surface area contributed by atoms with Crippen LogP contribution in [-0.4, -0.2) is 28.4 Å². The Morgan fingerprint density at radius 2 is 2.20 bits per heavy atom. The molecule has 0 radical (unpaired) electrons. The molecule has 2 N–H and O–H groups in total. The van der Waals surface area contributed by atoms with E-state index in [1.54, 1.807) is 17.9 Å². The summed E-state index contributed by atoms with van der Waals surface area (Å²) in [6.45, 7) is 0.801. The van der Waals surface area contributed by atoms with Gasteiger partial charge < -0.3 is 15.2 Å². The molecule has 0 aliphatic carbocycles. The average Bonchev–Trinajstić information content (AvgIpc) is 2.83. The van der Waals surface area contributed by atoms with E-state index in [1.165, 1.54) is 6.33 Å². The Morgan fingerprint density at radius 3 is 2.80 bits per heavy atom. The lowest BCUT2D eigenvalue weighted by atomic mass is 10.1. The number of ether oxygens (including phenoxy) is 2. The molecular weight excluding hydrogens is 280 g/mol. The third-order valence-electron chi connectivity index (χ3n) is 2.88. The van der Waals surface area contributed by atoms with Gasteiger partial charge in [-0.3, -0.25) is 4.68 Å². The number of methoxy groups -OCH3 is 1. The van der Waals surface area contributed by atoms with E-state index in [-0.39, 0.29) is 0 Å². The minimum absolute atomic E-state index is 0.298. The lowest BCUT2D eigenvalue weighted by molar-refractivity contribution is 0.269. The average molecular weight is 297 g/mol. The minimum atomic E-state index is 0.298. The predicted molar refractivity (Wildman–Crippen MR) is 76.1 cm³/mol. The van der Waals surface area contributed by atoms with Gasteiger partial charge in [0.05, 0.1) is 7.11 Å². The van der Waals surface area contributed by atoms with Gasteiger partial charge in [-0.25, -0.2) is 4.98 Å². The minimum Gasteiger partial charge on any atom is -0.493 e. The summed E-state index contributed by atoms with van der Waals surface area (Å²) < 4.78 is 12.8. The van der Waals surface area contributed by atoms with Crippen LogP contribution in [0.5, 0.6) is 11.5 Å². The van der Waals surface area contributed by atoms with Gasteiger partial charge in [-0.2, -0.15) is 5.10 Å². The summed E-state index contributed by atoms with van der Waals surface area (Å²) >= 11 is 6.06. The number of benzene rings is 1. The fourth-order valence-corrected chi connectivity index (χ4v) is 2.10. The van der Waals surface area contributed by atoms with E-state index in [0.717, 1.165) is 11.4 Å². The predicted octanol–water partition coefficient (Wildman–Crippen LogP) is 1.56. The number of nitrogens with zero attached hydrogens (tertiary/aromatic N) is 3. The molecule has 0 amide bonds. The molecule has 0 aliphatic rings. The smallest absolute Gasteiger partial charge is 0.165 e. The molecule has 0 saturated carbocycles. The summed E-state index contributed by atoms with van der Waals surface area (Å²) in [6, 6.07) is 3.55. The number of aryl methyl sites for hydroxylation is 1. The zero-order valence-electron chi connectivity index (χ0n) is 11.5. The van der Waals surface area contributed by atoms with E-state index in [4.69, 9.17) is 26.8 Å². The maximum Gasteiger partial charge on any atom is 0.165 e. The highest BCUT2D eigenvalue weighted by atomic mass is 35.5. The van der Waals surface area contributed by atoms with Crippen LogP contribution in [0.4, 0.5) is 0 Å². The fraction of sp³-hybridized carbons (Fsp3) is 0.385. The SMILES string of the molecule is COc1cc(Cl)cc(CCN)c1OCc1ncnn1C. The van der Waals surface area contributed by atoms with Crippen LogP contribution in [0.1, 0.15) is 11.4 Å². The van der Waals surface area contributed by atoms with Crippen molar-refractivity contribution in [2.24, 2.45) is 12.8 Å². The molecule has 20 heavy (non-hydrogen) atoms. The number of hydrogen-bond acceptors (Lipinski definition) is 5. The number of halogens is 1. The molecule has 0 unspecified atom stereocenters. The molecule has 7 heteroatoms. The maximum atomic E-state index is 6.06. The monoisotopic (exact) mass is 296 g/mol. The standard InChI is InChI=1S/C13H17ClN4O2/c1-18-12(16-8-17-18)7-20-13-9(3-4-15)5-10(14)6-11(13)19-2/h5-6,8H,3-4,7,15H2,1-2H3. The first-order valence-electron chi connectivity index (χ1n) is 6.18. The third-order valence-corrected chi connectivity index (χ3v) is 3.10. The van der Waals surface area contributed by atoms with Crippen molar-refractivity contribution in [1.82, 2.24) is 14.8 Å². The number of rotatable bonds is 6. The van der Waals surface area contributed by atoms with Gasteiger partial charge in [0, 0.05) is 23.7 Å². The Kier molecular flexibility index (Phi) is 4.81. The first-order chi connectivity index (χ1) is 9.65. The van der Waals surface area contributed by atoms with Crippen molar-refractivity contribution in [2.75, 3.05) is 13.7 Å². The summed E-state index contributed by atoms with van der Waals surface area (Å²) in [4.78, 5) is 4.11. The molecule has 1 aromatic heterocycles. The molecule has 2 aromatic rings. The van der Waals surface area contributed by atoms with Gasteiger partial charge in [0.1, 0.15) is 12.9 Å². The highest BCUT2D eigenvalue weighted by Gasteiger charge is 2.13. The zero-order valence-corrected chi connectivity index (χ0v) is 12.2. The van der Waals surface area contributed by atoms with Gasteiger partial charge >= 0.3 is 0 Å². The van der Waals surface area contributed by atoms with Gasteiger partial charge in [-0.15, -0.1) is 0 Å². The van der Waals surface area contributed by atoms with Crippen molar-refractivity contribution < 1.29 is 9.47 Å². The number of nitrogens with two attached hydrogens (primary N) is 1. The molecule has 0 saturated heterocycles. The maximum absolute atomic E-state index is 6.06. The van der Waals surface area contributed by atoms with Gasteiger partial charge in [0.15, 0.2) is 17.3 Å². The van der Waals surface area contributed by atoms with Crippen LogP contribution in [0.25, 0.3) is 0 Å². The van der Waals surface area contributed by atoms with E-state index in [0.29, 0.717) is 36.1 Å². The Morgan fingerprint density at radius 1 is 1.40 bits per heavy atom. The van der Waals surface area contributed by atoms with Crippen LogP contribution in [0.15, 0.2) is 18.5 Å². The highest BCUT2D eigenvalue weighted by molar-refractivity contribution is 6.30. The van der Waals surface area contributed by atoms with Crippen molar-refractivity contribution in [1.29, 1.82) is 0 Å². The van der Waals surface area contributed by atoms with E-state index in [1.807, 2.05) is 13.1 Å². The van der Waals surface area contributed by atoms with Gasteiger partial charge in [0.2, 0.25) is 0 Å². The quantitative estimate of drug-likeness (QED) is 0.875. The second-order valence-corrected chi connectivity index (χ2v) is 4.66. The number of hydrogen-bond donors (Lipinski definition) is 1. The normalized spacial score (nSPS) is 10.6. The summed E-state index contributed by atoms with van der Waals surface area (Å²) in [5.41, 5.74) is 6.54. The lowest BCUT2D eigenvalue weighted by Crippen LogP contribution is -2.09. The van der Waals surface area contributed by atoms with Crippen LogP contribution in [0.2, 0.25) is 5.02 Å². The molecule has 0 atom stereocenters. The van der Waals surface area contributed by atoms with Crippen LogP contribution in [-0.2, 0) is 20.1 Å². The first kappa shape index (κ1) is 14.6. The molecule has 0 fully saturated rings. The third kappa shape index (κ3) is 3.20. The Labute approximate surface area is 122 Å². The zero-order chi connectivity index (χ0) is 14.5. The molecule has 0 aliphatic heterocycles. The van der Waals surface area contributed by atoms with Gasteiger partial charge in [-0.05, 0) is 19.0 Å². The van der Waals surface area contributed by atoms with Crippen molar-refractivity contribution in [3.8, 4) is 11.5 Å². The van der Waals surface area contributed by atoms with Gasteiger partial charge in [0.25, 0.3) is 0 Å².